The molecular weight excluding hydrogens is 184 g/mol. The third-order valence-corrected chi connectivity index (χ3v) is 2.77. The summed E-state index contributed by atoms with van der Waals surface area (Å²) >= 11 is 0. The standard InChI is InChI=1S/C13H30N2/c1-4-6-8-9-10-14-11-13-15(3)12-7-5-2/h14H,4-13H2,1-3H3. The molecule has 0 aliphatic rings. The van der Waals surface area contributed by atoms with E-state index in [0.29, 0.717) is 0 Å². The Morgan fingerprint density at radius 1 is 0.800 bits per heavy atom. The molecule has 0 bridgehead atoms. The van der Waals surface area contributed by atoms with Gasteiger partial charge >= 0.3 is 0 Å². The van der Waals surface area contributed by atoms with Gasteiger partial charge in [0.1, 0.15) is 0 Å². The highest BCUT2D eigenvalue weighted by Crippen LogP contribution is 1.96. The molecular formula is C13H30N2. The van der Waals surface area contributed by atoms with Gasteiger partial charge in [0, 0.05) is 13.1 Å². The van der Waals surface area contributed by atoms with Crippen LogP contribution in [-0.2, 0) is 0 Å². The number of hydrogen-bond acceptors (Lipinski definition) is 2. The van der Waals surface area contributed by atoms with E-state index in [-0.39, 0.29) is 0 Å². The molecule has 0 fully saturated rings. The van der Waals surface area contributed by atoms with Gasteiger partial charge in [0.2, 0.25) is 0 Å². The van der Waals surface area contributed by atoms with E-state index < -0.39 is 0 Å². The number of rotatable bonds is 11. The van der Waals surface area contributed by atoms with Gasteiger partial charge < -0.3 is 10.2 Å². The molecule has 0 aromatic heterocycles. The molecule has 0 spiro atoms. The SMILES string of the molecule is CCCCCCNCCN(C)CCCC. The Morgan fingerprint density at radius 3 is 2.20 bits per heavy atom. The smallest absolute Gasteiger partial charge is 0.0104 e. The van der Waals surface area contributed by atoms with Gasteiger partial charge in [-0.1, -0.05) is 39.5 Å². The minimum Gasteiger partial charge on any atom is -0.315 e. The van der Waals surface area contributed by atoms with Crippen molar-refractivity contribution in [1.29, 1.82) is 0 Å². The molecule has 15 heavy (non-hydrogen) atoms. The van der Waals surface area contributed by atoms with Crippen LogP contribution in [0.2, 0.25) is 0 Å². The van der Waals surface area contributed by atoms with E-state index in [0.717, 1.165) is 6.54 Å². The second-order valence-corrected chi connectivity index (χ2v) is 4.47. The van der Waals surface area contributed by atoms with Crippen LogP contribution in [0.15, 0.2) is 0 Å². The van der Waals surface area contributed by atoms with Crippen LogP contribution in [0, 0.1) is 0 Å². The molecule has 2 heteroatoms. The molecule has 92 valence electrons. The lowest BCUT2D eigenvalue weighted by atomic mass is 10.2. The average molecular weight is 214 g/mol. The predicted molar refractivity (Wildman–Crippen MR) is 69.4 cm³/mol. The van der Waals surface area contributed by atoms with E-state index in [1.807, 2.05) is 0 Å². The Labute approximate surface area is 96.4 Å². The number of nitrogens with zero attached hydrogens (tertiary/aromatic N) is 1. The Bertz CT molecular complexity index is 115. The molecule has 0 radical (unpaired) electrons. The quantitative estimate of drug-likeness (QED) is 0.532. The van der Waals surface area contributed by atoms with Crippen LogP contribution in [0.3, 0.4) is 0 Å². The fourth-order valence-corrected chi connectivity index (χ4v) is 1.61. The minimum atomic E-state index is 1.15. The van der Waals surface area contributed by atoms with Crippen molar-refractivity contribution in [1.82, 2.24) is 10.2 Å². The summed E-state index contributed by atoms with van der Waals surface area (Å²) < 4.78 is 0. The topological polar surface area (TPSA) is 15.3 Å². The van der Waals surface area contributed by atoms with Gasteiger partial charge in [0.05, 0.1) is 0 Å². The van der Waals surface area contributed by atoms with E-state index in [1.165, 1.54) is 58.2 Å². The number of unbranched alkanes of at least 4 members (excludes halogenated alkanes) is 4. The highest BCUT2D eigenvalue weighted by Gasteiger charge is 1.96. The molecule has 0 unspecified atom stereocenters. The van der Waals surface area contributed by atoms with Crippen molar-refractivity contribution in [2.24, 2.45) is 0 Å². The summed E-state index contributed by atoms with van der Waals surface area (Å²) in [6.45, 7) is 9.28. The molecule has 0 saturated heterocycles. The monoisotopic (exact) mass is 214 g/mol. The molecule has 0 aliphatic carbocycles. The Kier molecular flexibility index (Phi) is 11.9. The lowest BCUT2D eigenvalue weighted by Gasteiger charge is -2.16. The Balaban J connectivity index is 3.02. The van der Waals surface area contributed by atoms with Gasteiger partial charge in [-0.15, -0.1) is 0 Å². The molecule has 0 aromatic rings. The first-order chi connectivity index (χ1) is 7.31. The second kappa shape index (κ2) is 12.0. The van der Waals surface area contributed by atoms with Crippen molar-refractivity contribution in [3.05, 3.63) is 0 Å². The molecule has 0 aliphatic heterocycles. The summed E-state index contributed by atoms with van der Waals surface area (Å²) in [5.74, 6) is 0. The number of likely N-dealkylation sites (N-methyl/N-ethyl adjacent to an activating group) is 1. The third kappa shape index (κ3) is 11.8. The Morgan fingerprint density at radius 2 is 1.53 bits per heavy atom. The van der Waals surface area contributed by atoms with E-state index in [1.54, 1.807) is 0 Å². The van der Waals surface area contributed by atoms with Gasteiger partial charge in [0.15, 0.2) is 0 Å². The van der Waals surface area contributed by atoms with Crippen LogP contribution in [0.5, 0.6) is 0 Å². The third-order valence-electron chi connectivity index (χ3n) is 2.77. The van der Waals surface area contributed by atoms with Crippen LogP contribution in [0.1, 0.15) is 52.4 Å². The van der Waals surface area contributed by atoms with E-state index in [9.17, 15) is 0 Å². The fourth-order valence-electron chi connectivity index (χ4n) is 1.61. The number of nitrogens with one attached hydrogen (secondary N) is 1. The summed E-state index contributed by atoms with van der Waals surface area (Å²) in [6.07, 6.45) is 8.07. The summed E-state index contributed by atoms with van der Waals surface area (Å²) in [5.41, 5.74) is 0. The van der Waals surface area contributed by atoms with Crippen LogP contribution in [-0.4, -0.2) is 38.1 Å². The zero-order valence-electron chi connectivity index (χ0n) is 11.0. The van der Waals surface area contributed by atoms with Crippen molar-refractivity contribution in [2.75, 3.05) is 33.2 Å². The van der Waals surface area contributed by atoms with Gasteiger partial charge in [0.25, 0.3) is 0 Å². The lowest BCUT2D eigenvalue weighted by Crippen LogP contribution is -2.30. The fraction of sp³-hybridized carbons (Fsp3) is 1.00. The molecule has 0 rings (SSSR count). The van der Waals surface area contributed by atoms with Crippen LogP contribution in [0.4, 0.5) is 0 Å². The van der Waals surface area contributed by atoms with Crippen molar-refractivity contribution >= 4 is 0 Å². The zero-order chi connectivity index (χ0) is 11.4. The molecule has 1 N–H and O–H groups in total. The zero-order valence-corrected chi connectivity index (χ0v) is 11.0. The first-order valence-corrected chi connectivity index (χ1v) is 6.70. The average Bonchev–Trinajstić information content (AvgIpc) is 2.25. The van der Waals surface area contributed by atoms with Crippen LogP contribution < -0.4 is 5.32 Å². The number of hydrogen-bond donors (Lipinski definition) is 1. The van der Waals surface area contributed by atoms with Crippen molar-refractivity contribution in [2.45, 2.75) is 52.4 Å². The highest BCUT2D eigenvalue weighted by atomic mass is 15.1. The van der Waals surface area contributed by atoms with E-state index >= 15 is 0 Å². The second-order valence-electron chi connectivity index (χ2n) is 4.47. The first kappa shape index (κ1) is 14.9. The molecule has 0 atom stereocenters. The Hall–Kier alpha value is -0.0800. The maximum atomic E-state index is 3.51. The van der Waals surface area contributed by atoms with Gasteiger partial charge in [-0.25, -0.2) is 0 Å². The van der Waals surface area contributed by atoms with E-state index in [4.69, 9.17) is 0 Å². The minimum absolute atomic E-state index is 1.15. The summed E-state index contributed by atoms with van der Waals surface area (Å²) in [4.78, 5) is 2.42. The van der Waals surface area contributed by atoms with Crippen LogP contribution >= 0.6 is 0 Å². The van der Waals surface area contributed by atoms with Gasteiger partial charge in [-0.05, 0) is 33.0 Å². The molecule has 0 heterocycles. The highest BCUT2D eigenvalue weighted by molar-refractivity contribution is 4.55. The molecule has 0 amide bonds. The normalized spacial score (nSPS) is 11.2. The van der Waals surface area contributed by atoms with Crippen LogP contribution in [0.25, 0.3) is 0 Å². The summed E-state index contributed by atoms with van der Waals surface area (Å²) in [6, 6.07) is 0. The van der Waals surface area contributed by atoms with Gasteiger partial charge in [-0.3, -0.25) is 0 Å². The van der Waals surface area contributed by atoms with Crippen molar-refractivity contribution in [3.8, 4) is 0 Å². The lowest BCUT2D eigenvalue weighted by molar-refractivity contribution is 0.325. The maximum absolute atomic E-state index is 3.51. The van der Waals surface area contributed by atoms with Crippen molar-refractivity contribution in [3.63, 3.8) is 0 Å². The molecule has 2 nitrogen and oxygen atoms in total. The van der Waals surface area contributed by atoms with E-state index in [2.05, 4.69) is 31.1 Å². The largest absolute Gasteiger partial charge is 0.315 e. The predicted octanol–water partition coefficient (Wildman–Crippen LogP) is 2.89. The summed E-state index contributed by atoms with van der Waals surface area (Å²) in [7, 11) is 2.22. The molecule has 0 aromatic carbocycles. The summed E-state index contributed by atoms with van der Waals surface area (Å²) in [5, 5.41) is 3.51. The van der Waals surface area contributed by atoms with Gasteiger partial charge in [-0.2, -0.15) is 0 Å². The maximum Gasteiger partial charge on any atom is 0.0104 e. The van der Waals surface area contributed by atoms with Crippen molar-refractivity contribution < 1.29 is 0 Å². The molecule has 0 saturated carbocycles. The first-order valence-electron chi connectivity index (χ1n) is 6.70.